The molecule has 2 aromatic rings. The second-order valence-electron chi connectivity index (χ2n) is 9.57. The standard InChI is InChI=1S/C29H34N4O3S/c1-4-20-11-8-10-18(2)27(20)33-28(35)25-19(3)31-29(22(16-30)26(25)23-14-9-15-36-23)37-17-24(34)32-21-12-6-5-7-13-21/h8-11,14-15,21,26,31H,4-7,12-13,17H2,1-3H3,(H,32,34)(H,33,35)/t26-/m0/s1. The molecule has 0 saturated heterocycles. The number of hydrogen-bond donors (Lipinski definition) is 3. The van der Waals surface area contributed by atoms with E-state index in [4.69, 9.17) is 4.42 Å². The Labute approximate surface area is 222 Å². The van der Waals surface area contributed by atoms with Gasteiger partial charge in [0.25, 0.3) is 5.91 Å². The lowest BCUT2D eigenvalue weighted by Gasteiger charge is -2.29. The first kappa shape index (κ1) is 26.6. The number of nitrogens with one attached hydrogen (secondary N) is 3. The zero-order valence-electron chi connectivity index (χ0n) is 21.6. The first-order valence-corrected chi connectivity index (χ1v) is 13.9. The molecular formula is C29H34N4O3S. The number of furan rings is 1. The van der Waals surface area contributed by atoms with Crippen molar-refractivity contribution in [1.29, 1.82) is 5.26 Å². The number of amides is 2. The van der Waals surface area contributed by atoms with Crippen molar-refractivity contribution in [2.75, 3.05) is 11.1 Å². The van der Waals surface area contributed by atoms with Gasteiger partial charge in [0.2, 0.25) is 5.91 Å². The summed E-state index contributed by atoms with van der Waals surface area (Å²) in [6.07, 6.45) is 7.87. The molecule has 0 radical (unpaired) electrons. The van der Waals surface area contributed by atoms with E-state index in [9.17, 15) is 14.9 Å². The second-order valence-corrected chi connectivity index (χ2v) is 10.6. The first-order chi connectivity index (χ1) is 17.9. The zero-order chi connectivity index (χ0) is 26.4. The third-order valence-electron chi connectivity index (χ3n) is 7.02. The monoisotopic (exact) mass is 518 g/mol. The minimum atomic E-state index is -0.681. The minimum Gasteiger partial charge on any atom is -0.468 e. The van der Waals surface area contributed by atoms with E-state index < -0.39 is 5.92 Å². The highest BCUT2D eigenvalue weighted by atomic mass is 32.2. The number of hydrogen-bond acceptors (Lipinski definition) is 6. The Morgan fingerprint density at radius 3 is 2.62 bits per heavy atom. The van der Waals surface area contributed by atoms with Gasteiger partial charge in [-0.3, -0.25) is 9.59 Å². The van der Waals surface area contributed by atoms with Crippen LogP contribution in [-0.2, 0) is 16.0 Å². The number of para-hydroxylation sites is 1. The fraction of sp³-hybridized carbons (Fsp3) is 0.414. The molecule has 2 heterocycles. The number of aryl methyl sites for hydroxylation is 2. The number of thioether (sulfide) groups is 1. The lowest BCUT2D eigenvalue weighted by atomic mass is 9.85. The molecule has 0 spiro atoms. The Bertz CT molecular complexity index is 1250. The molecule has 8 heteroatoms. The predicted octanol–water partition coefficient (Wildman–Crippen LogP) is 5.67. The molecule has 1 aliphatic heterocycles. The van der Waals surface area contributed by atoms with Gasteiger partial charge in [-0.1, -0.05) is 56.1 Å². The number of benzene rings is 1. The van der Waals surface area contributed by atoms with E-state index in [1.54, 1.807) is 12.1 Å². The van der Waals surface area contributed by atoms with Gasteiger partial charge >= 0.3 is 0 Å². The highest BCUT2D eigenvalue weighted by Gasteiger charge is 2.37. The summed E-state index contributed by atoms with van der Waals surface area (Å²) < 4.78 is 5.71. The Hall–Kier alpha value is -3.44. The van der Waals surface area contributed by atoms with Gasteiger partial charge in [0, 0.05) is 17.4 Å². The van der Waals surface area contributed by atoms with Gasteiger partial charge in [-0.15, -0.1) is 0 Å². The van der Waals surface area contributed by atoms with Crippen molar-refractivity contribution in [2.24, 2.45) is 0 Å². The van der Waals surface area contributed by atoms with Crippen LogP contribution in [0.25, 0.3) is 0 Å². The maximum atomic E-state index is 13.7. The maximum Gasteiger partial charge on any atom is 0.254 e. The molecule has 7 nitrogen and oxygen atoms in total. The van der Waals surface area contributed by atoms with Gasteiger partial charge in [0.1, 0.15) is 5.76 Å². The number of nitriles is 1. The molecule has 0 bridgehead atoms. The molecule has 0 unspecified atom stereocenters. The molecule has 1 aliphatic carbocycles. The molecule has 3 N–H and O–H groups in total. The molecule has 37 heavy (non-hydrogen) atoms. The van der Waals surface area contributed by atoms with Crippen molar-refractivity contribution in [1.82, 2.24) is 10.6 Å². The molecule has 1 atom stereocenters. The Morgan fingerprint density at radius 2 is 1.95 bits per heavy atom. The number of anilines is 1. The minimum absolute atomic E-state index is 0.0464. The van der Waals surface area contributed by atoms with Crippen LogP contribution in [0.1, 0.15) is 68.8 Å². The molecular weight excluding hydrogens is 484 g/mol. The average Bonchev–Trinajstić information content (AvgIpc) is 3.43. The maximum absolute atomic E-state index is 13.7. The van der Waals surface area contributed by atoms with Gasteiger partial charge in [-0.2, -0.15) is 5.26 Å². The quantitative estimate of drug-likeness (QED) is 0.416. The van der Waals surface area contributed by atoms with Crippen LogP contribution >= 0.6 is 11.8 Å². The van der Waals surface area contributed by atoms with Crippen LogP contribution in [0.3, 0.4) is 0 Å². The number of carbonyl (C=O) groups excluding carboxylic acids is 2. The van der Waals surface area contributed by atoms with Gasteiger partial charge in [-0.05, 0) is 56.4 Å². The van der Waals surface area contributed by atoms with Crippen molar-refractivity contribution in [2.45, 2.75) is 71.3 Å². The molecule has 1 aromatic carbocycles. The van der Waals surface area contributed by atoms with Crippen molar-refractivity contribution >= 4 is 29.3 Å². The fourth-order valence-corrected chi connectivity index (χ4v) is 6.01. The van der Waals surface area contributed by atoms with Crippen molar-refractivity contribution in [3.05, 3.63) is 75.4 Å². The van der Waals surface area contributed by atoms with Crippen LogP contribution in [-0.4, -0.2) is 23.6 Å². The zero-order valence-corrected chi connectivity index (χ0v) is 22.5. The number of allylic oxidation sites excluding steroid dienone is 2. The molecule has 194 valence electrons. The van der Waals surface area contributed by atoms with Crippen molar-refractivity contribution in [3.63, 3.8) is 0 Å². The average molecular weight is 519 g/mol. The Balaban J connectivity index is 1.59. The van der Waals surface area contributed by atoms with E-state index in [1.807, 2.05) is 39.0 Å². The van der Waals surface area contributed by atoms with E-state index in [0.717, 1.165) is 48.9 Å². The van der Waals surface area contributed by atoms with Crippen LogP contribution in [0.15, 0.2) is 62.9 Å². The lowest BCUT2D eigenvalue weighted by molar-refractivity contribution is -0.119. The molecule has 1 saturated carbocycles. The van der Waals surface area contributed by atoms with Crippen molar-refractivity contribution in [3.8, 4) is 6.07 Å². The third kappa shape index (κ3) is 6.11. The number of rotatable bonds is 8. The van der Waals surface area contributed by atoms with E-state index in [0.29, 0.717) is 27.6 Å². The summed E-state index contributed by atoms with van der Waals surface area (Å²) in [5.74, 6) is -0.323. The topological polar surface area (TPSA) is 107 Å². The normalized spacial score (nSPS) is 18.3. The summed E-state index contributed by atoms with van der Waals surface area (Å²) in [7, 11) is 0. The molecule has 4 rings (SSSR count). The largest absolute Gasteiger partial charge is 0.468 e. The summed E-state index contributed by atoms with van der Waals surface area (Å²) >= 11 is 1.28. The Morgan fingerprint density at radius 1 is 1.16 bits per heavy atom. The number of dihydropyridines is 1. The van der Waals surface area contributed by atoms with Crippen LogP contribution in [0, 0.1) is 18.3 Å². The highest BCUT2D eigenvalue weighted by Crippen LogP contribution is 2.41. The summed E-state index contributed by atoms with van der Waals surface area (Å²) in [6.45, 7) is 5.83. The van der Waals surface area contributed by atoms with E-state index in [1.165, 1.54) is 24.4 Å². The van der Waals surface area contributed by atoms with Crippen LogP contribution in [0.5, 0.6) is 0 Å². The van der Waals surface area contributed by atoms with E-state index in [-0.39, 0.29) is 23.6 Å². The fourth-order valence-electron chi connectivity index (χ4n) is 5.10. The summed E-state index contributed by atoms with van der Waals surface area (Å²) in [5, 5.41) is 20.2. The highest BCUT2D eigenvalue weighted by molar-refractivity contribution is 8.03. The summed E-state index contributed by atoms with van der Waals surface area (Å²) in [4.78, 5) is 26.4. The number of nitrogens with zero attached hydrogens (tertiary/aromatic N) is 1. The number of carbonyl (C=O) groups is 2. The molecule has 2 aliphatic rings. The van der Waals surface area contributed by atoms with Gasteiger partial charge in [0.05, 0.1) is 40.2 Å². The van der Waals surface area contributed by atoms with E-state index in [2.05, 4.69) is 22.0 Å². The molecule has 1 fully saturated rings. The summed E-state index contributed by atoms with van der Waals surface area (Å²) in [5.41, 5.74) is 4.21. The molecule has 1 aromatic heterocycles. The van der Waals surface area contributed by atoms with Crippen molar-refractivity contribution < 1.29 is 14.0 Å². The predicted molar refractivity (Wildman–Crippen MR) is 147 cm³/mol. The van der Waals surface area contributed by atoms with Gasteiger partial charge < -0.3 is 20.4 Å². The van der Waals surface area contributed by atoms with E-state index >= 15 is 0 Å². The van der Waals surface area contributed by atoms with Crippen LogP contribution in [0.2, 0.25) is 0 Å². The summed E-state index contributed by atoms with van der Waals surface area (Å²) in [6, 6.07) is 12.0. The Kier molecular flexibility index (Phi) is 8.78. The van der Waals surface area contributed by atoms with Gasteiger partial charge in [0.15, 0.2) is 0 Å². The SMILES string of the molecule is CCc1cccc(C)c1NC(=O)C1=C(C)NC(SCC(=O)NC2CCCCC2)=C(C#N)[C@H]1c1ccco1. The van der Waals surface area contributed by atoms with Crippen LogP contribution in [0.4, 0.5) is 5.69 Å². The molecule has 2 amide bonds. The van der Waals surface area contributed by atoms with Gasteiger partial charge in [-0.25, -0.2) is 0 Å². The second kappa shape index (κ2) is 12.2. The first-order valence-electron chi connectivity index (χ1n) is 12.9. The lowest BCUT2D eigenvalue weighted by Crippen LogP contribution is -2.37. The smallest absolute Gasteiger partial charge is 0.254 e. The third-order valence-corrected chi connectivity index (χ3v) is 8.03. The van der Waals surface area contributed by atoms with Crippen LogP contribution < -0.4 is 16.0 Å².